The first kappa shape index (κ1) is 20.5. The fraction of sp³-hybridized carbons (Fsp3) is 0.304. The first-order valence-electron chi connectivity index (χ1n) is 9.72. The number of carbonyl (C=O) groups excluding carboxylic acids is 1. The molecule has 0 aliphatic rings. The van der Waals surface area contributed by atoms with Gasteiger partial charge in [0.2, 0.25) is 0 Å². The van der Waals surface area contributed by atoms with Crippen LogP contribution in [0.25, 0.3) is 22.4 Å². The molecule has 0 unspecified atom stereocenters. The highest BCUT2D eigenvalue weighted by Gasteiger charge is 2.23. The molecule has 2 heterocycles. The van der Waals surface area contributed by atoms with Crippen molar-refractivity contribution in [1.82, 2.24) is 9.97 Å². The van der Waals surface area contributed by atoms with Crippen molar-refractivity contribution >= 4 is 5.97 Å². The molecule has 0 atom stereocenters. The Balaban J connectivity index is 2.13. The molecule has 3 rings (SSSR count). The van der Waals surface area contributed by atoms with E-state index in [1.54, 1.807) is 20.2 Å². The molecule has 1 N–H and O–H groups in total. The van der Waals surface area contributed by atoms with Gasteiger partial charge in [-0.2, -0.15) is 0 Å². The molecule has 0 spiro atoms. The highest BCUT2D eigenvalue weighted by Crippen LogP contribution is 2.38. The van der Waals surface area contributed by atoms with E-state index in [0.29, 0.717) is 35.9 Å². The smallest absolute Gasteiger partial charge is 0.355 e. The van der Waals surface area contributed by atoms with E-state index in [1.807, 2.05) is 43.5 Å². The maximum absolute atomic E-state index is 12.6. The monoisotopic (exact) mass is 394 g/mol. The van der Waals surface area contributed by atoms with E-state index in [1.165, 1.54) is 0 Å². The van der Waals surface area contributed by atoms with Crippen LogP contribution in [0.15, 0.2) is 42.7 Å². The number of rotatable bonds is 8. The Kier molecular flexibility index (Phi) is 6.54. The zero-order chi connectivity index (χ0) is 20.8. The lowest BCUT2D eigenvalue weighted by Gasteiger charge is -2.12. The second kappa shape index (κ2) is 9.28. The number of nitrogens with one attached hydrogen (secondary N) is 1. The molecule has 0 fully saturated rings. The number of carbonyl (C=O) groups is 1. The molecule has 6 nitrogen and oxygen atoms in total. The quantitative estimate of drug-likeness (QED) is 0.543. The zero-order valence-corrected chi connectivity index (χ0v) is 17.2. The normalized spacial score (nSPS) is 10.6. The molecule has 1 aromatic carbocycles. The molecule has 0 amide bonds. The predicted molar refractivity (Wildman–Crippen MR) is 112 cm³/mol. The Morgan fingerprint density at radius 1 is 1.14 bits per heavy atom. The molecule has 0 bridgehead atoms. The summed E-state index contributed by atoms with van der Waals surface area (Å²) in [6.45, 7) is 6.75. The highest BCUT2D eigenvalue weighted by molar-refractivity contribution is 6.01. The number of methoxy groups -OCH3 is 1. The lowest BCUT2D eigenvalue weighted by Crippen LogP contribution is -2.07. The molecule has 0 radical (unpaired) electrons. The molecule has 3 aromatic rings. The molecule has 29 heavy (non-hydrogen) atoms. The third kappa shape index (κ3) is 4.26. The van der Waals surface area contributed by atoms with Gasteiger partial charge in [-0.25, -0.2) is 4.79 Å². The molecule has 2 aromatic heterocycles. The molecule has 0 saturated heterocycles. The Hall–Kier alpha value is -3.28. The van der Waals surface area contributed by atoms with Gasteiger partial charge < -0.3 is 19.2 Å². The van der Waals surface area contributed by atoms with Crippen LogP contribution in [0.1, 0.15) is 36.3 Å². The largest absolute Gasteiger partial charge is 0.496 e. The minimum absolute atomic E-state index is 0.294. The number of hydrogen-bond donors (Lipinski definition) is 1. The van der Waals surface area contributed by atoms with Gasteiger partial charge in [0.05, 0.1) is 32.2 Å². The van der Waals surface area contributed by atoms with Gasteiger partial charge >= 0.3 is 5.97 Å². The molecular weight excluding hydrogens is 368 g/mol. The lowest BCUT2D eigenvalue weighted by atomic mass is 9.96. The number of esters is 1. The average molecular weight is 394 g/mol. The third-order valence-electron chi connectivity index (χ3n) is 4.62. The third-order valence-corrected chi connectivity index (χ3v) is 4.62. The maximum atomic E-state index is 12.6. The fourth-order valence-electron chi connectivity index (χ4n) is 3.23. The van der Waals surface area contributed by atoms with Gasteiger partial charge in [0.15, 0.2) is 0 Å². The van der Waals surface area contributed by atoms with Crippen LogP contribution in [0.2, 0.25) is 0 Å². The van der Waals surface area contributed by atoms with Crippen LogP contribution in [-0.4, -0.2) is 36.3 Å². The Bertz CT molecular complexity index is 977. The summed E-state index contributed by atoms with van der Waals surface area (Å²) in [5.41, 5.74) is 4.53. The lowest BCUT2D eigenvalue weighted by molar-refractivity contribution is 0.0521. The van der Waals surface area contributed by atoms with Crippen LogP contribution >= 0.6 is 0 Å². The van der Waals surface area contributed by atoms with E-state index in [0.717, 1.165) is 28.9 Å². The maximum Gasteiger partial charge on any atom is 0.355 e. The number of ether oxygens (including phenoxy) is 3. The number of benzene rings is 1. The van der Waals surface area contributed by atoms with Crippen molar-refractivity contribution in [2.75, 3.05) is 20.3 Å². The Morgan fingerprint density at radius 2 is 1.97 bits per heavy atom. The molecule has 0 saturated carbocycles. The Morgan fingerprint density at radius 3 is 2.62 bits per heavy atom. The van der Waals surface area contributed by atoms with Crippen LogP contribution < -0.4 is 9.47 Å². The summed E-state index contributed by atoms with van der Waals surface area (Å²) in [5.74, 6) is 1.06. The molecule has 6 heteroatoms. The second-order valence-corrected chi connectivity index (χ2v) is 6.53. The van der Waals surface area contributed by atoms with Gasteiger partial charge in [0.1, 0.15) is 17.2 Å². The van der Waals surface area contributed by atoms with Crippen molar-refractivity contribution in [2.45, 2.75) is 27.2 Å². The predicted octanol–water partition coefficient (Wildman–Crippen LogP) is 5.03. The van der Waals surface area contributed by atoms with Crippen LogP contribution in [0, 0.1) is 6.92 Å². The number of H-pyrrole nitrogens is 1. The van der Waals surface area contributed by atoms with Gasteiger partial charge in [-0.15, -0.1) is 0 Å². The minimum Gasteiger partial charge on any atom is -0.496 e. The van der Waals surface area contributed by atoms with Gasteiger partial charge in [0.25, 0.3) is 0 Å². The summed E-state index contributed by atoms with van der Waals surface area (Å²) in [6, 6.07) is 9.56. The standard InChI is InChI=1S/C23H26N2O4/c1-5-12-29-16-10-11-19(24-13-16)21-18(14-25-22(21)23(26)28-6-2)17-8-7-9-20(27-4)15(17)3/h7-11,13-14,25H,5-6,12H2,1-4H3. The molecule has 0 aliphatic carbocycles. The van der Waals surface area contributed by atoms with Crippen molar-refractivity contribution in [3.8, 4) is 33.9 Å². The van der Waals surface area contributed by atoms with E-state index in [2.05, 4.69) is 16.9 Å². The zero-order valence-electron chi connectivity index (χ0n) is 17.2. The molecule has 152 valence electrons. The number of aromatic nitrogens is 2. The van der Waals surface area contributed by atoms with Crippen LogP contribution in [0.4, 0.5) is 0 Å². The summed E-state index contributed by atoms with van der Waals surface area (Å²) < 4.78 is 16.3. The van der Waals surface area contributed by atoms with Gasteiger partial charge in [-0.3, -0.25) is 4.98 Å². The van der Waals surface area contributed by atoms with E-state index < -0.39 is 5.97 Å². The number of nitrogens with zero attached hydrogens (tertiary/aromatic N) is 1. The second-order valence-electron chi connectivity index (χ2n) is 6.53. The van der Waals surface area contributed by atoms with Crippen molar-refractivity contribution in [2.24, 2.45) is 0 Å². The van der Waals surface area contributed by atoms with Crippen LogP contribution in [-0.2, 0) is 4.74 Å². The fourth-order valence-corrected chi connectivity index (χ4v) is 3.23. The highest BCUT2D eigenvalue weighted by atomic mass is 16.5. The van der Waals surface area contributed by atoms with E-state index in [-0.39, 0.29) is 0 Å². The molecule has 0 aliphatic heterocycles. The van der Waals surface area contributed by atoms with Crippen molar-refractivity contribution in [1.29, 1.82) is 0 Å². The first-order chi connectivity index (χ1) is 14.1. The van der Waals surface area contributed by atoms with Gasteiger partial charge in [-0.1, -0.05) is 19.1 Å². The summed E-state index contributed by atoms with van der Waals surface area (Å²) in [7, 11) is 1.64. The Labute approximate surface area is 170 Å². The van der Waals surface area contributed by atoms with Crippen LogP contribution in [0.5, 0.6) is 11.5 Å². The number of hydrogen-bond acceptors (Lipinski definition) is 5. The average Bonchev–Trinajstić information content (AvgIpc) is 3.18. The number of pyridine rings is 1. The van der Waals surface area contributed by atoms with E-state index in [4.69, 9.17) is 14.2 Å². The summed E-state index contributed by atoms with van der Waals surface area (Å²) in [4.78, 5) is 20.2. The van der Waals surface area contributed by atoms with Crippen LogP contribution in [0.3, 0.4) is 0 Å². The number of aromatic amines is 1. The topological polar surface area (TPSA) is 73.4 Å². The minimum atomic E-state index is -0.414. The van der Waals surface area contributed by atoms with Crippen molar-refractivity contribution in [3.05, 3.63) is 54.0 Å². The SMILES string of the molecule is CCCOc1ccc(-c2c(-c3cccc(OC)c3C)c[nH]c2C(=O)OCC)nc1. The van der Waals surface area contributed by atoms with E-state index >= 15 is 0 Å². The van der Waals surface area contributed by atoms with Crippen molar-refractivity contribution in [3.63, 3.8) is 0 Å². The molecular formula is C23H26N2O4. The summed E-state index contributed by atoms with van der Waals surface area (Å²) >= 11 is 0. The van der Waals surface area contributed by atoms with E-state index in [9.17, 15) is 4.79 Å². The van der Waals surface area contributed by atoms with Gasteiger partial charge in [-0.05, 0) is 49.6 Å². The first-order valence-corrected chi connectivity index (χ1v) is 9.72. The summed E-state index contributed by atoms with van der Waals surface area (Å²) in [6.07, 6.45) is 4.41. The summed E-state index contributed by atoms with van der Waals surface area (Å²) in [5, 5.41) is 0. The van der Waals surface area contributed by atoms with Gasteiger partial charge in [0, 0.05) is 17.3 Å². The van der Waals surface area contributed by atoms with Crippen molar-refractivity contribution < 1.29 is 19.0 Å².